The van der Waals surface area contributed by atoms with E-state index in [-0.39, 0.29) is 0 Å². The molecule has 0 bridgehead atoms. The molecule has 1 N–H and O–H groups in total. The molecule has 18 heavy (non-hydrogen) atoms. The largest absolute Gasteiger partial charge is 0.441 e. The van der Waals surface area contributed by atoms with Crippen molar-refractivity contribution >= 4 is 34.0 Å². The lowest BCUT2D eigenvalue weighted by atomic mass is 10.2. The van der Waals surface area contributed by atoms with Crippen LogP contribution in [-0.2, 0) is 6.42 Å². The molecule has 1 atom stereocenters. The Hall–Kier alpha value is -1.36. The van der Waals surface area contributed by atoms with E-state index < -0.39 is 6.10 Å². The van der Waals surface area contributed by atoms with Crippen molar-refractivity contribution in [3.05, 3.63) is 51.5 Å². The highest BCUT2D eigenvalue weighted by Crippen LogP contribution is 2.31. The lowest BCUT2D eigenvalue weighted by Gasteiger charge is -2.05. The van der Waals surface area contributed by atoms with Crippen molar-refractivity contribution in [2.75, 3.05) is 0 Å². The molecule has 1 unspecified atom stereocenters. The van der Waals surface area contributed by atoms with Gasteiger partial charge >= 0.3 is 0 Å². The van der Waals surface area contributed by atoms with Crippen LogP contribution in [-0.4, -0.2) is 10.1 Å². The molecule has 0 saturated carbocycles. The highest BCUT2D eigenvalue weighted by Gasteiger charge is 2.17. The SMILES string of the molecule is OC(Cc1nc2ccccc2o1)c1sccc1Cl. The van der Waals surface area contributed by atoms with Crippen LogP contribution in [0.4, 0.5) is 0 Å². The van der Waals surface area contributed by atoms with E-state index in [4.69, 9.17) is 16.0 Å². The Morgan fingerprint density at radius 2 is 2.17 bits per heavy atom. The molecule has 92 valence electrons. The van der Waals surface area contributed by atoms with Gasteiger partial charge < -0.3 is 9.52 Å². The highest BCUT2D eigenvalue weighted by molar-refractivity contribution is 7.10. The number of aromatic nitrogens is 1. The number of thiophene rings is 1. The highest BCUT2D eigenvalue weighted by atomic mass is 35.5. The van der Waals surface area contributed by atoms with Gasteiger partial charge in [0, 0.05) is 0 Å². The van der Waals surface area contributed by atoms with Crippen LogP contribution in [0.25, 0.3) is 11.1 Å². The quantitative estimate of drug-likeness (QED) is 0.793. The van der Waals surface area contributed by atoms with Crippen molar-refractivity contribution in [2.45, 2.75) is 12.5 Å². The fourth-order valence-corrected chi connectivity index (χ4v) is 2.98. The van der Waals surface area contributed by atoms with E-state index in [9.17, 15) is 5.11 Å². The molecule has 0 fully saturated rings. The molecule has 0 spiro atoms. The maximum Gasteiger partial charge on any atom is 0.198 e. The molecule has 2 heterocycles. The van der Waals surface area contributed by atoms with E-state index >= 15 is 0 Å². The molecule has 1 aromatic carbocycles. The molecule has 3 aromatic rings. The third kappa shape index (κ3) is 2.14. The number of aliphatic hydroxyl groups excluding tert-OH is 1. The van der Waals surface area contributed by atoms with Gasteiger partial charge in [0.15, 0.2) is 11.5 Å². The van der Waals surface area contributed by atoms with E-state index in [1.54, 1.807) is 6.07 Å². The number of halogens is 1. The lowest BCUT2D eigenvalue weighted by Crippen LogP contribution is -2.00. The smallest absolute Gasteiger partial charge is 0.198 e. The average Bonchev–Trinajstić information content (AvgIpc) is 2.94. The molecule has 0 aliphatic carbocycles. The third-order valence-corrected chi connectivity index (χ3v) is 4.11. The van der Waals surface area contributed by atoms with Gasteiger partial charge in [0.25, 0.3) is 0 Å². The summed E-state index contributed by atoms with van der Waals surface area (Å²) in [6.45, 7) is 0. The van der Waals surface area contributed by atoms with E-state index in [1.807, 2.05) is 29.6 Å². The fourth-order valence-electron chi connectivity index (χ4n) is 1.81. The molecule has 0 amide bonds. The number of para-hydroxylation sites is 2. The molecule has 2 aromatic heterocycles. The first-order valence-electron chi connectivity index (χ1n) is 5.49. The second-order valence-electron chi connectivity index (χ2n) is 3.93. The second kappa shape index (κ2) is 4.72. The topological polar surface area (TPSA) is 46.3 Å². The maximum absolute atomic E-state index is 10.1. The van der Waals surface area contributed by atoms with Crippen molar-refractivity contribution in [2.24, 2.45) is 0 Å². The number of nitrogens with zero attached hydrogens (tertiary/aromatic N) is 1. The summed E-state index contributed by atoms with van der Waals surface area (Å²) in [6.07, 6.45) is -0.347. The van der Waals surface area contributed by atoms with Crippen molar-refractivity contribution in [3.8, 4) is 0 Å². The number of hydrogen-bond acceptors (Lipinski definition) is 4. The minimum Gasteiger partial charge on any atom is -0.441 e. The molecule has 0 aliphatic rings. The van der Waals surface area contributed by atoms with E-state index in [0.29, 0.717) is 17.3 Å². The normalized spacial score (nSPS) is 13.0. The average molecular weight is 280 g/mol. The first kappa shape index (κ1) is 11.7. The van der Waals surface area contributed by atoms with Crippen molar-refractivity contribution < 1.29 is 9.52 Å². The molecule has 3 rings (SSSR count). The van der Waals surface area contributed by atoms with Crippen LogP contribution in [0.15, 0.2) is 40.1 Å². The zero-order valence-corrected chi connectivity index (χ0v) is 10.9. The molecule has 0 radical (unpaired) electrons. The Bertz CT molecular complexity index is 643. The summed E-state index contributed by atoms with van der Waals surface area (Å²) in [5, 5.41) is 12.5. The van der Waals surface area contributed by atoms with Crippen LogP contribution >= 0.6 is 22.9 Å². The van der Waals surface area contributed by atoms with Crippen LogP contribution in [0, 0.1) is 0 Å². The van der Waals surface area contributed by atoms with E-state index in [2.05, 4.69) is 4.98 Å². The van der Waals surface area contributed by atoms with Gasteiger partial charge in [-0.1, -0.05) is 23.7 Å². The Morgan fingerprint density at radius 3 is 2.89 bits per heavy atom. The number of oxazole rings is 1. The minimum atomic E-state index is -0.675. The Kier molecular flexibility index (Phi) is 3.07. The number of rotatable bonds is 3. The predicted octanol–water partition coefficient (Wildman–Crippen LogP) is 3.82. The summed E-state index contributed by atoms with van der Waals surface area (Å²) in [5.41, 5.74) is 1.54. The number of aliphatic hydroxyl groups is 1. The molecule has 0 saturated heterocycles. The Balaban J connectivity index is 1.86. The standard InChI is InChI=1S/C13H10ClNO2S/c14-8-5-6-18-13(8)10(16)7-12-15-9-3-1-2-4-11(9)17-12/h1-6,10,16H,7H2. The summed E-state index contributed by atoms with van der Waals surface area (Å²) >= 11 is 7.41. The van der Waals surface area contributed by atoms with Crippen LogP contribution in [0.1, 0.15) is 16.9 Å². The van der Waals surface area contributed by atoms with Crippen molar-refractivity contribution in [1.29, 1.82) is 0 Å². The zero-order chi connectivity index (χ0) is 12.5. The minimum absolute atomic E-state index is 0.328. The van der Waals surface area contributed by atoms with Gasteiger partial charge in [-0.25, -0.2) is 4.98 Å². The van der Waals surface area contributed by atoms with Crippen molar-refractivity contribution in [3.63, 3.8) is 0 Å². The summed E-state index contributed by atoms with van der Waals surface area (Å²) in [4.78, 5) is 5.08. The van der Waals surface area contributed by atoms with Gasteiger partial charge in [0.05, 0.1) is 22.4 Å². The Labute approximate surface area is 113 Å². The van der Waals surface area contributed by atoms with Crippen LogP contribution in [0.5, 0.6) is 0 Å². The van der Waals surface area contributed by atoms with Crippen LogP contribution in [0.3, 0.4) is 0 Å². The Morgan fingerprint density at radius 1 is 1.33 bits per heavy atom. The number of fused-ring (bicyclic) bond motifs is 1. The summed E-state index contributed by atoms with van der Waals surface area (Å²) < 4.78 is 5.57. The van der Waals surface area contributed by atoms with Gasteiger partial charge in [-0.3, -0.25) is 0 Å². The lowest BCUT2D eigenvalue weighted by molar-refractivity contribution is 0.173. The fraction of sp³-hybridized carbons (Fsp3) is 0.154. The van der Waals surface area contributed by atoms with Gasteiger partial charge in [-0.15, -0.1) is 11.3 Å². The van der Waals surface area contributed by atoms with E-state index in [0.717, 1.165) is 16.0 Å². The van der Waals surface area contributed by atoms with Gasteiger partial charge in [-0.05, 0) is 23.6 Å². The monoisotopic (exact) mass is 279 g/mol. The molecular weight excluding hydrogens is 270 g/mol. The number of hydrogen-bond donors (Lipinski definition) is 1. The van der Waals surface area contributed by atoms with E-state index in [1.165, 1.54) is 11.3 Å². The van der Waals surface area contributed by atoms with Gasteiger partial charge in [0.2, 0.25) is 0 Å². The second-order valence-corrected chi connectivity index (χ2v) is 5.28. The summed E-state index contributed by atoms with van der Waals surface area (Å²) in [6, 6.07) is 9.31. The first-order chi connectivity index (χ1) is 8.74. The third-order valence-electron chi connectivity index (χ3n) is 2.65. The predicted molar refractivity (Wildman–Crippen MR) is 72.0 cm³/mol. The molecular formula is C13H10ClNO2S. The van der Waals surface area contributed by atoms with Crippen LogP contribution < -0.4 is 0 Å². The molecule has 5 heteroatoms. The molecule has 3 nitrogen and oxygen atoms in total. The summed E-state index contributed by atoms with van der Waals surface area (Å²) in [5.74, 6) is 0.521. The molecule has 0 aliphatic heterocycles. The van der Waals surface area contributed by atoms with Gasteiger partial charge in [-0.2, -0.15) is 0 Å². The van der Waals surface area contributed by atoms with Crippen molar-refractivity contribution in [1.82, 2.24) is 4.98 Å². The zero-order valence-electron chi connectivity index (χ0n) is 9.34. The first-order valence-corrected chi connectivity index (χ1v) is 6.75. The van der Waals surface area contributed by atoms with Crippen LogP contribution in [0.2, 0.25) is 5.02 Å². The van der Waals surface area contributed by atoms with Gasteiger partial charge in [0.1, 0.15) is 5.52 Å². The summed E-state index contributed by atoms with van der Waals surface area (Å²) in [7, 11) is 0. The number of benzene rings is 1. The maximum atomic E-state index is 10.1.